The molecule has 0 radical (unpaired) electrons. The highest BCUT2D eigenvalue weighted by Gasteiger charge is 2.46. The van der Waals surface area contributed by atoms with Gasteiger partial charge in [0.05, 0.1) is 29.3 Å². The van der Waals surface area contributed by atoms with Crippen LogP contribution in [-0.4, -0.2) is 6.71 Å². The summed E-state index contributed by atoms with van der Waals surface area (Å²) >= 11 is 1.83. The molecule has 6 heteroatoms. The molecular formula is C74H64BN3OS. The fraction of sp³-hybridized carbons (Fsp3) is 0.162. The van der Waals surface area contributed by atoms with E-state index in [0.717, 1.165) is 105 Å². The molecule has 0 spiro atoms. The van der Waals surface area contributed by atoms with Crippen LogP contribution in [0, 0.1) is 0 Å². The van der Waals surface area contributed by atoms with Crippen molar-refractivity contribution >= 4 is 117 Å². The second kappa shape index (κ2) is 18.5. The molecule has 0 saturated heterocycles. The standard InChI is InChI=1S/C74H64BN3OS/c1-72(2,3)50-31-36-53(37-32-50)76(60-27-18-16-25-56(60)48-23-14-11-15-24-48)55-40-41-59-62(46-55)78(61-28-20-30-66-68(61)57-26-17-19-29-65(57)79-66)64-44-49(47-21-12-10-13-22-47)43-63-69(64)75(59)71-70(58-45-52(74(7,8)9)35-42-67(58)80-71)77(63)54-38-33-51(34-39-54)73(4,5)6/h10-46H,1-9H3/i10D,12D,13D,21D,22D. The van der Waals surface area contributed by atoms with Gasteiger partial charge in [-0.3, -0.25) is 0 Å². The monoisotopic (exact) mass is 1060 g/mol. The molecule has 2 aliphatic heterocycles. The minimum absolute atomic E-state index is 0.0681. The van der Waals surface area contributed by atoms with Crippen LogP contribution in [-0.2, 0) is 16.2 Å². The van der Waals surface area contributed by atoms with E-state index in [-0.39, 0.29) is 52.7 Å². The third-order valence-corrected chi connectivity index (χ3v) is 17.6. The van der Waals surface area contributed by atoms with Gasteiger partial charge in [-0.25, -0.2) is 0 Å². The van der Waals surface area contributed by atoms with Crippen LogP contribution in [0.5, 0.6) is 0 Å². The van der Waals surface area contributed by atoms with Gasteiger partial charge in [0.1, 0.15) is 11.2 Å². The first-order chi connectivity index (χ1) is 40.7. The predicted octanol–water partition coefficient (Wildman–Crippen LogP) is 19.6. The Labute approximate surface area is 482 Å². The molecule has 0 saturated carbocycles. The molecule has 4 nitrogen and oxygen atoms in total. The molecule has 2 aliphatic rings. The van der Waals surface area contributed by atoms with Crippen molar-refractivity contribution in [1.82, 2.24) is 0 Å². The van der Waals surface area contributed by atoms with Gasteiger partial charge >= 0.3 is 0 Å². The van der Waals surface area contributed by atoms with E-state index in [2.05, 4.69) is 253 Å². The second-order valence-corrected chi connectivity index (χ2v) is 25.7. The van der Waals surface area contributed by atoms with Gasteiger partial charge in [-0.1, -0.05) is 202 Å². The van der Waals surface area contributed by atoms with Crippen LogP contribution in [0.3, 0.4) is 0 Å². The van der Waals surface area contributed by atoms with E-state index in [9.17, 15) is 2.74 Å². The Morgan fingerprint density at radius 1 is 0.475 bits per heavy atom. The summed E-state index contributed by atoms with van der Waals surface area (Å²) in [7, 11) is 0. The van der Waals surface area contributed by atoms with Crippen LogP contribution in [0.15, 0.2) is 229 Å². The van der Waals surface area contributed by atoms with E-state index < -0.39 is 6.04 Å². The number of anilines is 9. The van der Waals surface area contributed by atoms with E-state index in [4.69, 9.17) is 8.53 Å². The lowest BCUT2D eigenvalue weighted by Gasteiger charge is -2.44. The average Bonchev–Trinajstić information content (AvgIpc) is 1.96. The molecule has 0 aliphatic carbocycles. The smallest absolute Gasteiger partial charge is 0.264 e. The lowest BCUT2D eigenvalue weighted by atomic mass is 9.36. The summed E-state index contributed by atoms with van der Waals surface area (Å²) in [4.78, 5) is 7.15. The van der Waals surface area contributed by atoms with Crippen LogP contribution in [0.25, 0.3) is 54.3 Å². The summed E-state index contributed by atoms with van der Waals surface area (Å²) < 4.78 is 55.3. The van der Waals surface area contributed by atoms with Gasteiger partial charge in [0.15, 0.2) is 0 Å². The number of rotatable bonds is 7. The molecule has 14 rings (SSSR count). The number of thiophene rings is 1. The van der Waals surface area contributed by atoms with Crippen LogP contribution in [0.4, 0.5) is 51.2 Å². The maximum absolute atomic E-state index is 9.63. The minimum Gasteiger partial charge on any atom is -0.456 e. The molecule has 4 heterocycles. The highest BCUT2D eigenvalue weighted by molar-refractivity contribution is 7.33. The van der Waals surface area contributed by atoms with E-state index in [0.29, 0.717) is 5.56 Å². The highest BCUT2D eigenvalue weighted by Crippen LogP contribution is 2.53. The molecule has 390 valence electrons. The van der Waals surface area contributed by atoms with Crippen LogP contribution < -0.4 is 30.4 Å². The molecule has 0 fully saturated rings. The normalized spacial score (nSPS) is 14.1. The van der Waals surface area contributed by atoms with Crippen LogP contribution in [0.2, 0.25) is 0 Å². The van der Waals surface area contributed by atoms with Gasteiger partial charge in [0.2, 0.25) is 0 Å². The lowest BCUT2D eigenvalue weighted by molar-refractivity contribution is 0.590. The molecule has 80 heavy (non-hydrogen) atoms. The maximum atomic E-state index is 9.63. The van der Waals surface area contributed by atoms with Gasteiger partial charge in [-0.2, -0.15) is 0 Å². The molecule has 0 amide bonds. The molecular weight excluding hydrogens is 990 g/mol. The Balaban J connectivity index is 1.14. The van der Waals surface area contributed by atoms with Crippen molar-refractivity contribution in [1.29, 1.82) is 0 Å². The molecule has 0 N–H and O–H groups in total. The van der Waals surface area contributed by atoms with Crippen molar-refractivity contribution in [3.63, 3.8) is 0 Å². The summed E-state index contributed by atoms with van der Waals surface area (Å²) in [5.74, 6) is 0. The molecule has 2 aromatic heterocycles. The van der Waals surface area contributed by atoms with Gasteiger partial charge in [-0.15, -0.1) is 11.3 Å². The molecule has 0 unspecified atom stereocenters. The number of para-hydroxylation sites is 2. The first-order valence-electron chi connectivity index (χ1n) is 30.3. The first-order valence-corrected chi connectivity index (χ1v) is 28.6. The fourth-order valence-electron chi connectivity index (χ4n) is 12.3. The van der Waals surface area contributed by atoms with Gasteiger partial charge in [-0.05, 0) is 145 Å². The van der Waals surface area contributed by atoms with Crippen molar-refractivity contribution in [3.05, 3.63) is 241 Å². The molecule has 12 aromatic rings. The summed E-state index contributed by atoms with van der Waals surface area (Å²) in [6.45, 7) is 19.9. The predicted molar refractivity (Wildman–Crippen MR) is 345 cm³/mol. The number of furan rings is 1. The Kier molecular flexibility index (Phi) is 10.2. The first kappa shape index (κ1) is 44.3. The molecule has 10 aromatic carbocycles. The number of benzene rings is 10. The topological polar surface area (TPSA) is 22.9 Å². The van der Waals surface area contributed by atoms with E-state index in [1.165, 1.54) is 21.5 Å². The largest absolute Gasteiger partial charge is 0.456 e. The van der Waals surface area contributed by atoms with Crippen molar-refractivity contribution < 1.29 is 11.3 Å². The Morgan fingerprint density at radius 3 is 1.82 bits per heavy atom. The zero-order valence-corrected chi connectivity index (χ0v) is 47.5. The third kappa shape index (κ3) is 8.17. The van der Waals surface area contributed by atoms with Crippen LogP contribution in [0.1, 0.15) is 85.9 Å². The maximum Gasteiger partial charge on any atom is 0.264 e. The molecule has 0 atom stereocenters. The summed E-state index contributed by atoms with van der Waals surface area (Å²) in [6.07, 6.45) is 0. The third-order valence-electron chi connectivity index (χ3n) is 16.4. The van der Waals surface area contributed by atoms with Gasteiger partial charge in [0, 0.05) is 59.9 Å². The Bertz CT molecular complexity index is 4660. The number of fused-ring (bicyclic) bond motifs is 9. The second-order valence-electron chi connectivity index (χ2n) is 24.6. The van der Waals surface area contributed by atoms with Crippen LogP contribution >= 0.6 is 11.3 Å². The van der Waals surface area contributed by atoms with Crippen molar-refractivity contribution in [2.75, 3.05) is 14.7 Å². The van der Waals surface area contributed by atoms with Crippen molar-refractivity contribution in [2.45, 2.75) is 78.6 Å². The van der Waals surface area contributed by atoms with E-state index in [1.54, 1.807) is 0 Å². The fourth-order valence-corrected chi connectivity index (χ4v) is 13.6. The Morgan fingerprint density at radius 2 is 1.10 bits per heavy atom. The van der Waals surface area contributed by atoms with E-state index in [1.807, 2.05) is 29.5 Å². The zero-order chi connectivity index (χ0) is 59.2. The molecule has 0 bridgehead atoms. The number of hydrogen-bond donors (Lipinski definition) is 0. The number of hydrogen-bond acceptors (Lipinski definition) is 5. The van der Waals surface area contributed by atoms with E-state index >= 15 is 0 Å². The Hall–Kier alpha value is -8.58. The number of nitrogens with zero attached hydrogens (tertiary/aromatic N) is 3. The zero-order valence-electron chi connectivity index (χ0n) is 51.7. The SMILES string of the molecule is [2H]c1c([2H])c([2H])c(-c2cc3c4c(c2)N(c2cccc5oc6ccccc6c25)c2cc(N(c5ccc(C(C)(C)C)cc5)c5ccccc5-c5ccccc5)ccc2B4c2sc4ccc(C(C)(C)C)cc4c2N3c2ccc(C(C)(C)C)cc2)c([2H])c1[2H]. The van der Waals surface area contributed by atoms with Crippen molar-refractivity contribution in [2.24, 2.45) is 0 Å². The summed E-state index contributed by atoms with van der Waals surface area (Å²) in [5, 5.41) is 3.02. The highest BCUT2D eigenvalue weighted by atomic mass is 32.1. The quantitative estimate of drug-likeness (QED) is 0.148. The average molecular weight is 1060 g/mol. The van der Waals surface area contributed by atoms with Gasteiger partial charge in [0.25, 0.3) is 6.71 Å². The summed E-state index contributed by atoms with van der Waals surface area (Å²) in [6, 6.07) is 67.9. The van der Waals surface area contributed by atoms with Crippen molar-refractivity contribution in [3.8, 4) is 22.3 Å². The van der Waals surface area contributed by atoms with Gasteiger partial charge < -0.3 is 19.1 Å². The summed E-state index contributed by atoms with van der Waals surface area (Å²) in [5.41, 5.74) is 18.3. The lowest BCUT2D eigenvalue weighted by Crippen LogP contribution is -2.60. The minimum atomic E-state index is -0.434.